The zero-order valence-electron chi connectivity index (χ0n) is 45.5. The number of nitrogens with two attached hydrogens (primary N) is 1. The molecule has 0 aliphatic rings. The smallest absolute Gasteiger partial charge is 0.336 e. The number of carbonyl (C=O) groups is 2. The number of benzene rings is 6. The van der Waals surface area contributed by atoms with Crippen LogP contribution in [0.2, 0.25) is 0 Å². The quantitative estimate of drug-likeness (QED) is 0.0409. The van der Waals surface area contributed by atoms with E-state index in [0.29, 0.717) is 48.5 Å². The fraction of sp³-hybridized carbons (Fsp3) is 0.333. The summed E-state index contributed by atoms with van der Waals surface area (Å²) in [5.74, 6) is 2.08. The molecule has 12 heteroatoms. The summed E-state index contributed by atoms with van der Waals surface area (Å²) >= 11 is 0. The molecular formula is C63H83ClN4O7. The molecule has 0 atom stereocenters. The van der Waals surface area contributed by atoms with Crippen LogP contribution in [0.15, 0.2) is 158 Å². The van der Waals surface area contributed by atoms with Crippen molar-refractivity contribution in [1.29, 1.82) is 0 Å². The predicted molar refractivity (Wildman–Crippen MR) is 316 cm³/mol. The van der Waals surface area contributed by atoms with Crippen molar-refractivity contribution in [3.8, 4) is 23.0 Å². The van der Waals surface area contributed by atoms with Crippen molar-refractivity contribution < 1.29 is 33.6 Å². The van der Waals surface area contributed by atoms with Crippen LogP contribution in [0.3, 0.4) is 0 Å². The van der Waals surface area contributed by atoms with Gasteiger partial charge in [-0.05, 0) is 189 Å². The van der Waals surface area contributed by atoms with Gasteiger partial charge >= 0.3 is 5.97 Å². The standard InChI is InChI=1S/C31H38N2O3.C21H24O3.C10H16N2O.CH4.ClH/c1-7-28(23-11-9-8-10-12-23)29(24-13-17-27(18-14-24)36-31(2,3)4)30(34)32-25-15-19-26(20-16-25)35-22-21-33(5)6;1-5-18(15-9-7-6-8-10-15)19(20(22)23)16-11-13-17(14-12-16)24-21(2,3)4;1-12(2)7-8-13-10-5-3-9(11)4-6-10;;/h8-20H,7,21-22H2,1-6H3,(H,32,34);6-14H,5H2,1-4H3,(H,22,23);3-6H,7-8,11H2,1-2H3;1H4;1H. The lowest BCUT2D eigenvalue weighted by Gasteiger charge is -2.22. The largest absolute Gasteiger partial charge is 0.492 e. The molecule has 11 nitrogen and oxygen atoms in total. The van der Waals surface area contributed by atoms with Crippen molar-refractivity contribution >= 4 is 58.0 Å². The second-order valence-corrected chi connectivity index (χ2v) is 19.8. The fourth-order valence-electron chi connectivity index (χ4n) is 7.37. The van der Waals surface area contributed by atoms with Gasteiger partial charge in [0.25, 0.3) is 5.91 Å². The Hall–Kier alpha value is -7.05. The van der Waals surface area contributed by atoms with Crippen LogP contribution in [0.5, 0.6) is 23.0 Å². The minimum Gasteiger partial charge on any atom is -0.492 e. The normalized spacial score (nSPS) is 11.7. The first-order chi connectivity index (χ1) is 34.7. The lowest BCUT2D eigenvalue weighted by molar-refractivity contribution is -0.130. The summed E-state index contributed by atoms with van der Waals surface area (Å²) in [6, 6.07) is 49.7. The van der Waals surface area contributed by atoms with Crippen LogP contribution in [0, 0.1) is 0 Å². The third-order valence-corrected chi connectivity index (χ3v) is 10.7. The molecule has 0 heterocycles. The highest BCUT2D eigenvalue weighted by Crippen LogP contribution is 2.33. The van der Waals surface area contributed by atoms with E-state index in [0.717, 1.165) is 69.6 Å². The second-order valence-electron chi connectivity index (χ2n) is 19.8. The van der Waals surface area contributed by atoms with Gasteiger partial charge in [0, 0.05) is 24.5 Å². The number of aliphatic carboxylic acids is 1. The van der Waals surface area contributed by atoms with Gasteiger partial charge in [0.05, 0.1) is 11.1 Å². The Morgan fingerprint density at radius 3 is 1.20 bits per heavy atom. The third-order valence-electron chi connectivity index (χ3n) is 10.7. The number of hydrogen-bond donors (Lipinski definition) is 3. The SMILES string of the molecule is C.CCC(=C(C(=O)Nc1ccc(OCCN(C)C)cc1)c1ccc(OC(C)(C)C)cc1)c1ccccc1.CCC(=C(C(=O)O)c1ccc(OC(C)(C)C)cc1)c1ccccc1.CN(C)CCOc1ccc(N)cc1.Cl. The van der Waals surface area contributed by atoms with Gasteiger partial charge in [-0.25, -0.2) is 4.79 Å². The maximum Gasteiger partial charge on any atom is 0.336 e. The highest BCUT2D eigenvalue weighted by Gasteiger charge is 2.21. The lowest BCUT2D eigenvalue weighted by atomic mass is 9.92. The van der Waals surface area contributed by atoms with Crippen LogP contribution < -0.4 is 30.0 Å². The molecule has 4 N–H and O–H groups in total. The zero-order valence-corrected chi connectivity index (χ0v) is 46.3. The molecule has 75 heavy (non-hydrogen) atoms. The van der Waals surface area contributed by atoms with Gasteiger partial charge in [0.1, 0.15) is 47.4 Å². The first kappa shape index (κ1) is 64.1. The van der Waals surface area contributed by atoms with E-state index in [1.165, 1.54) is 0 Å². The second kappa shape index (κ2) is 31.6. The third kappa shape index (κ3) is 22.9. The van der Waals surface area contributed by atoms with Gasteiger partial charge in [-0.15, -0.1) is 12.4 Å². The van der Waals surface area contributed by atoms with E-state index in [1.807, 2.05) is 234 Å². The zero-order chi connectivity index (χ0) is 53.6. The number of nitrogens with one attached hydrogen (secondary N) is 1. The molecule has 0 fully saturated rings. The molecule has 0 saturated carbocycles. The Balaban J connectivity index is 0.000000424. The summed E-state index contributed by atoms with van der Waals surface area (Å²) in [7, 11) is 8.06. The number of allylic oxidation sites excluding steroid dienone is 2. The Kier molecular flexibility index (Phi) is 27.0. The Morgan fingerprint density at radius 2 is 0.853 bits per heavy atom. The highest BCUT2D eigenvalue weighted by atomic mass is 35.5. The predicted octanol–water partition coefficient (Wildman–Crippen LogP) is 14.3. The number of ether oxygens (including phenoxy) is 4. The minimum absolute atomic E-state index is 0. The number of likely N-dealkylation sites (N-methyl/N-ethyl adjacent to an activating group) is 2. The number of anilines is 2. The Bertz CT molecular complexity index is 2660. The van der Waals surface area contributed by atoms with Crippen LogP contribution in [-0.4, -0.2) is 92.5 Å². The summed E-state index contributed by atoms with van der Waals surface area (Å²) in [6.45, 7) is 19.1. The van der Waals surface area contributed by atoms with Crippen molar-refractivity contribution in [2.75, 3.05) is 65.5 Å². The summed E-state index contributed by atoms with van der Waals surface area (Å²) in [5, 5.41) is 12.8. The molecule has 0 saturated heterocycles. The molecule has 404 valence electrons. The molecule has 0 aliphatic heterocycles. The van der Waals surface area contributed by atoms with Crippen LogP contribution in [0.4, 0.5) is 11.4 Å². The van der Waals surface area contributed by atoms with E-state index in [1.54, 1.807) is 0 Å². The van der Waals surface area contributed by atoms with Gasteiger partial charge in [-0.1, -0.05) is 106 Å². The molecule has 6 rings (SSSR count). The van der Waals surface area contributed by atoms with E-state index in [9.17, 15) is 14.7 Å². The maximum atomic E-state index is 13.7. The monoisotopic (exact) mass is 1040 g/mol. The summed E-state index contributed by atoms with van der Waals surface area (Å²) in [4.78, 5) is 29.7. The van der Waals surface area contributed by atoms with Gasteiger partial charge in [-0.2, -0.15) is 0 Å². The number of carbonyl (C=O) groups excluding carboxylic acids is 1. The molecule has 0 unspecified atom stereocenters. The molecule has 0 bridgehead atoms. The minimum atomic E-state index is -0.916. The molecule has 0 aliphatic carbocycles. The molecule has 0 aromatic heterocycles. The molecule has 6 aromatic carbocycles. The van der Waals surface area contributed by atoms with Crippen molar-refractivity contribution in [1.82, 2.24) is 9.80 Å². The number of rotatable bonds is 19. The van der Waals surface area contributed by atoms with E-state index >= 15 is 0 Å². The number of carboxylic acids is 1. The van der Waals surface area contributed by atoms with E-state index in [4.69, 9.17) is 24.7 Å². The van der Waals surface area contributed by atoms with Crippen molar-refractivity contribution in [2.24, 2.45) is 0 Å². The summed E-state index contributed by atoms with van der Waals surface area (Å²) in [6.07, 6.45) is 1.36. The fourth-order valence-corrected chi connectivity index (χ4v) is 7.37. The number of hydrogen-bond acceptors (Lipinski definition) is 9. The van der Waals surface area contributed by atoms with E-state index in [-0.39, 0.29) is 36.9 Å². The number of amides is 1. The van der Waals surface area contributed by atoms with Crippen LogP contribution in [0.25, 0.3) is 22.3 Å². The summed E-state index contributed by atoms with van der Waals surface area (Å²) < 4.78 is 23.0. The van der Waals surface area contributed by atoms with Crippen molar-refractivity contribution in [2.45, 2.75) is 86.9 Å². The number of halogens is 1. The van der Waals surface area contributed by atoms with Crippen LogP contribution in [-0.2, 0) is 9.59 Å². The lowest BCUT2D eigenvalue weighted by Crippen LogP contribution is -2.22. The highest BCUT2D eigenvalue weighted by molar-refractivity contribution is 6.31. The Labute approximate surface area is 454 Å². The van der Waals surface area contributed by atoms with Gasteiger partial charge in [-0.3, -0.25) is 4.79 Å². The molecular weight excluding hydrogens is 960 g/mol. The summed E-state index contributed by atoms with van der Waals surface area (Å²) in [5.41, 5.74) is 12.7. The topological polar surface area (TPSA) is 136 Å². The van der Waals surface area contributed by atoms with Crippen molar-refractivity contribution in [3.05, 3.63) is 180 Å². The van der Waals surface area contributed by atoms with Gasteiger partial charge < -0.3 is 44.9 Å². The Morgan fingerprint density at radius 1 is 0.507 bits per heavy atom. The number of carboxylic acid groups (broad SMARTS) is 1. The molecule has 6 aromatic rings. The van der Waals surface area contributed by atoms with Gasteiger partial charge in [0.2, 0.25) is 0 Å². The molecule has 0 radical (unpaired) electrons. The number of nitrogens with zero attached hydrogens (tertiary/aromatic N) is 2. The average molecular weight is 1040 g/mol. The van der Waals surface area contributed by atoms with Crippen molar-refractivity contribution in [3.63, 3.8) is 0 Å². The van der Waals surface area contributed by atoms with Crippen LogP contribution >= 0.6 is 12.4 Å². The molecule has 0 spiro atoms. The van der Waals surface area contributed by atoms with Crippen LogP contribution in [0.1, 0.15) is 97.9 Å². The average Bonchev–Trinajstić information content (AvgIpc) is 3.34. The maximum absolute atomic E-state index is 13.7. The molecule has 1 amide bonds. The van der Waals surface area contributed by atoms with E-state index < -0.39 is 5.97 Å². The first-order valence-corrected chi connectivity index (χ1v) is 24.9. The number of nitrogen functional groups attached to an aromatic ring is 1. The van der Waals surface area contributed by atoms with E-state index in [2.05, 4.69) is 22.0 Å². The first-order valence-electron chi connectivity index (χ1n) is 24.9. The van der Waals surface area contributed by atoms with Gasteiger partial charge in [0.15, 0.2) is 0 Å².